The average molecular weight is 509 g/mol. The van der Waals surface area contributed by atoms with Gasteiger partial charge < -0.3 is 15.0 Å². The van der Waals surface area contributed by atoms with E-state index in [1.807, 2.05) is 6.08 Å². The molecule has 6 nitrogen and oxygen atoms in total. The lowest BCUT2D eigenvalue weighted by Crippen LogP contribution is -2.53. The predicted octanol–water partition coefficient (Wildman–Crippen LogP) is 5.51. The van der Waals surface area contributed by atoms with Crippen LogP contribution < -0.4 is 5.32 Å². The summed E-state index contributed by atoms with van der Waals surface area (Å²) < 4.78 is 5.26. The highest BCUT2D eigenvalue weighted by atomic mass is 35.5. The summed E-state index contributed by atoms with van der Waals surface area (Å²) in [4.78, 5) is 41.3. The molecule has 0 unspecified atom stereocenters. The zero-order valence-electron chi connectivity index (χ0n) is 20.2. The Hall–Kier alpha value is -2.05. The molecule has 1 fully saturated rings. The van der Waals surface area contributed by atoms with Crippen LogP contribution in [0.3, 0.4) is 0 Å². The highest BCUT2D eigenvalue weighted by molar-refractivity contribution is 6.35. The van der Waals surface area contributed by atoms with E-state index in [0.29, 0.717) is 34.6 Å². The molecule has 1 N–H and O–H groups in total. The van der Waals surface area contributed by atoms with Crippen molar-refractivity contribution in [1.29, 1.82) is 0 Å². The molecule has 1 aromatic rings. The van der Waals surface area contributed by atoms with Crippen molar-refractivity contribution in [2.45, 2.75) is 65.3 Å². The van der Waals surface area contributed by atoms with Crippen molar-refractivity contribution in [1.82, 2.24) is 10.2 Å². The second-order valence-corrected chi connectivity index (χ2v) is 10.6. The number of ether oxygens (including phenoxy) is 1. The van der Waals surface area contributed by atoms with Crippen LogP contribution in [0.15, 0.2) is 30.0 Å². The largest absolute Gasteiger partial charge is 0.468 e. The van der Waals surface area contributed by atoms with Crippen LogP contribution in [0.1, 0.15) is 64.4 Å². The minimum Gasteiger partial charge on any atom is -0.468 e. The molecule has 0 spiro atoms. The number of piperidine rings is 1. The molecule has 1 aliphatic carbocycles. The summed E-state index contributed by atoms with van der Waals surface area (Å²) in [6, 6.07) is 5.16. The molecular formula is C26H34Cl2N2O4. The lowest BCUT2D eigenvalue weighted by Gasteiger charge is -2.46. The number of allylic oxidation sites excluding steroid dienone is 1. The Morgan fingerprint density at radius 2 is 2.03 bits per heavy atom. The van der Waals surface area contributed by atoms with E-state index in [4.69, 9.17) is 27.9 Å². The van der Waals surface area contributed by atoms with Crippen molar-refractivity contribution < 1.29 is 19.1 Å². The molecule has 186 valence electrons. The van der Waals surface area contributed by atoms with Gasteiger partial charge in [0.25, 0.3) is 0 Å². The molecule has 2 amide bonds. The zero-order chi connectivity index (χ0) is 24.9. The second kappa shape index (κ2) is 11.6. The van der Waals surface area contributed by atoms with Gasteiger partial charge >= 0.3 is 5.97 Å². The highest BCUT2D eigenvalue weighted by Crippen LogP contribution is 2.50. The molecule has 2 atom stereocenters. The topological polar surface area (TPSA) is 75.7 Å². The Labute approximate surface area is 212 Å². The summed E-state index contributed by atoms with van der Waals surface area (Å²) in [5, 5.41) is 3.88. The van der Waals surface area contributed by atoms with Gasteiger partial charge in [-0.25, -0.2) is 0 Å². The third-order valence-corrected chi connectivity index (χ3v) is 7.37. The first kappa shape index (κ1) is 26.6. The smallest absolute Gasteiger partial charge is 0.317 e. The maximum absolute atomic E-state index is 13.7. The van der Waals surface area contributed by atoms with Gasteiger partial charge in [-0.15, -0.1) is 0 Å². The first-order valence-electron chi connectivity index (χ1n) is 12.0. The number of carbonyl (C=O) groups is 3. The summed E-state index contributed by atoms with van der Waals surface area (Å²) in [5.74, 6) is -0.857. The van der Waals surface area contributed by atoms with E-state index in [2.05, 4.69) is 19.2 Å². The number of methoxy groups -OCH3 is 1. The maximum Gasteiger partial charge on any atom is 0.317 e. The van der Waals surface area contributed by atoms with Crippen LogP contribution in [0.25, 0.3) is 0 Å². The quantitative estimate of drug-likeness (QED) is 0.469. The number of hydrogen-bond acceptors (Lipinski definition) is 4. The molecule has 2 aliphatic rings. The lowest BCUT2D eigenvalue weighted by atomic mass is 9.69. The fourth-order valence-corrected chi connectivity index (χ4v) is 5.45. The van der Waals surface area contributed by atoms with Crippen LogP contribution >= 0.6 is 23.2 Å². The van der Waals surface area contributed by atoms with Crippen LogP contribution in [-0.4, -0.2) is 36.3 Å². The van der Waals surface area contributed by atoms with Gasteiger partial charge in [-0.2, -0.15) is 0 Å². The van der Waals surface area contributed by atoms with Crippen molar-refractivity contribution >= 4 is 41.0 Å². The monoisotopic (exact) mass is 508 g/mol. The molecule has 3 rings (SSSR count). The average Bonchev–Trinajstić information content (AvgIpc) is 3.00. The molecule has 1 heterocycles. The van der Waals surface area contributed by atoms with E-state index in [1.54, 1.807) is 23.1 Å². The maximum atomic E-state index is 13.7. The van der Waals surface area contributed by atoms with Gasteiger partial charge in [-0.05, 0) is 55.7 Å². The Morgan fingerprint density at radius 3 is 2.71 bits per heavy atom. The fraction of sp³-hybridized carbons (Fsp3) is 0.577. The standard InChI is InChI=1S/C26H34Cl2N2O4/c1-17(2)10-12-29-23(31)13-19-15-26(25(33)34-3)11-6-4-5-7-22(26)30(24(19)32)16-18-8-9-20(27)14-21(18)28/h7-9,14,17,19H,4-6,10-13,15-16H2,1-3H3,(H,29,31)/t19-,26-/m0/s1. The Morgan fingerprint density at radius 1 is 1.26 bits per heavy atom. The molecular weight excluding hydrogens is 475 g/mol. The minimum atomic E-state index is -0.957. The summed E-state index contributed by atoms with van der Waals surface area (Å²) in [5.41, 5.74) is 0.440. The van der Waals surface area contributed by atoms with Gasteiger partial charge in [0.05, 0.1) is 13.7 Å². The number of nitrogens with one attached hydrogen (secondary N) is 1. The van der Waals surface area contributed by atoms with Crippen molar-refractivity contribution in [3.05, 3.63) is 45.6 Å². The van der Waals surface area contributed by atoms with Gasteiger partial charge in [0.15, 0.2) is 0 Å². The van der Waals surface area contributed by atoms with Crippen LogP contribution in [0.4, 0.5) is 0 Å². The third kappa shape index (κ3) is 5.95. The van der Waals surface area contributed by atoms with Crippen LogP contribution in [0.2, 0.25) is 10.0 Å². The Balaban J connectivity index is 1.95. The predicted molar refractivity (Wildman–Crippen MR) is 133 cm³/mol. The van der Waals surface area contributed by atoms with Crippen LogP contribution in [0, 0.1) is 17.3 Å². The zero-order valence-corrected chi connectivity index (χ0v) is 21.7. The summed E-state index contributed by atoms with van der Waals surface area (Å²) in [6.07, 6.45) is 6.27. The van der Waals surface area contributed by atoms with E-state index in [-0.39, 0.29) is 37.2 Å². The first-order valence-corrected chi connectivity index (χ1v) is 12.7. The molecule has 0 bridgehead atoms. The molecule has 0 saturated carbocycles. The van der Waals surface area contributed by atoms with Crippen LogP contribution in [-0.2, 0) is 25.7 Å². The number of carbonyl (C=O) groups excluding carboxylic acids is 3. The number of nitrogens with zero attached hydrogens (tertiary/aromatic N) is 1. The summed E-state index contributed by atoms with van der Waals surface area (Å²) in [6.45, 7) is 4.95. The number of amides is 2. The molecule has 1 aliphatic heterocycles. The minimum absolute atomic E-state index is 0.0355. The van der Waals surface area contributed by atoms with E-state index >= 15 is 0 Å². The number of likely N-dealkylation sites (tertiary alicyclic amines) is 1. The molecule has 8 heteroatoms. The van der Waals surface area contributed by atoms with Crippen LogP contribution in [0.5, 0.6) is 0 Å². The SMILES string of the molecule is COC(=O)[C@]12CCCCC=C1N(Cc1ccc(Cl)cc1Cl)C(=O)[C@@H](CC(=O)NCCC(C)C)C2. The van der Waals surface area contributed by atoms with Crippen molar-refractivity contribution in [2.24, 2.45) is 17.3 Å². The van der Waals surface area contributed by atoms with Gasteiger partial charge in [0.1, 0.15) is 5.41 Å². The number of halogens is 2. The summed E-state index contributed by atoms with van der Waals surface area (Å²) >= 11 is 12.5. The lowest BCUT2D eigenvalue weighted by molar-refractivity contribution is -0.160. The molecule has 0 radical (unpaired) electrons. The number of rotatable bonds is 8. The Kier molecular flexibility index (Phi) is 9.05. The third-order valence-electron chi connectivity index (χ3n) is 6.78. The molecule has 0 aromatic heterocycles. The van der Waals surface area contributed by atoms with E-state index in [1.165, 1.54) is 7.11 Å². The van der Waals surface area contributed by atoms with Gasteiger partial charge in [-0.3, -0.25) is 14.4 Å². The number of fused-ring (bicyclic) bond motifs is 1. The summed E-state index contributed by atoms with van der Waals surface area (Å²) in [7, 11) is 1.38. The molecule has 1 aromatic carbocycles. The van der Waals surface area contributed by atoms with Gasteiger partial charge in [0.2, 0.25) is 11.8 Å². The molecule has 34 heavy (non-hydrogen) atoms. The van der Waals surface area contributed by atoms with E-state index in [0.717, 1.165) is 31.2 Å². The number of esters is 1. The Bertz CT molecular complexity index is 962. The second-order valence-electron chi connectivity index (χ2n) is 9.71. The highest BCUT2D eigenvalue weighted by Gasteiger charge is 2.53. The van der Waals surface area contributed by atoms with E-state index in [9.17, 15) is 14.4 Å². The van der Waals surface area contributed by atoms with Gasteiger partial charge in [0, 0.05) is 34.6 Å². The van der Waals surface area contributed by atoms with Crippen molar-refractivity contribution in [3.8, 4) is 0 Å². The van der Waals surface area contributed by atoms with Crippen molar-refractivity contribution in [2.75, 3.05) is 13.7 Å². The fourth-order valence-electron chi connectivity index (χ4n) is 4.98. The van der Waals surface area contributed by atoms with Crippen molar-refractivity contribution in [3.63, 3.8) is 0 Å². The number of hydrogen-bond donors (Lipinski definition) is 1. The van der Waals surface area contributed by atoms with Gasteiger partial charge in [-0.1, -0.05) is 55.6 Å². The van der Waals surface area contributed by atoms with E-state index < -0.39 is 11.3 Å². The molecule has 1 saturated heterocycles. The first-order chi connectivity index (χ1) is 16.2. The number of benzene rings is 1. The normalized spacial score (nSPS) is 22.6.